The van der Waals surface area contributed by atoms with Gasteiger partial charge >= 0.3 is 5.97 Å². The average Bonchev–Trinajstić information content (AvgIpc) is 2.30. The van der Waals surface area contributed by atoms with Crippen LogP contribution in [0.4, 0.5) is 4.53 Å². The Labute approximate surface area is 95.3 Å². The van der Waals surface area contributed by atoms with E-state index in [0.717, 1.165) is 18.4 Å². The predicted octanol–water partition coefficient (Wildman–Crippen LogP) is 3.39. The summed E-state index contributed by atoms with van der Waals surface area (Å²) in [5, 5.41) is 0. The number of rotatable bonds is 6. The van der Waals surface area contributed by atoms with Crippen LogP contribution in [-0.4, -0.2) is 5.97 Å². The first kappa shape index (κ1) is 12.7. The summed E-state index contributed by atoms with van der Waals surface area (Å²) in [6.45, 7) is 2.16. The molecule has 1 rings (SSSR count). The summed E-state index contributed by atoms with van der Waals surface area (Å²) >= 11 is 0. The van der Waals surface area contributed by atoms with Gasteiger partial charge in [0.25, 0.3) is 0 Å². The molecule has 0 aromatic heterocycles. The van der Waals surface area contributed by atoms with Gasteiger partial charge < -0.3 is 0 Å². The molecule has 16 heavy (non-hydrogen) atoms. The molecule has 0 heterocycles. The highest BCUT2D eigenvalue weighted by Gasteiger charge is 2.05. The maximum Gasteiger partial charge on any atom is 0.353 e. The molecule has 0 aliphatic heterocycles. The lowest BCUT2D eigenvalue weighted by Gasteiger charge is -2.03. The Hall–Kier alpha value is -1.38. The summed E-state index contributed by atoms with van der Waals surface area (Å²) in [6.07, 6.45) is 4.54. The number of halogens is 1. The normalized spacial score (nSPS) is 10.1. The largest absolute Gasteiger partial charge is 0.353 e. The molecule has 3 heteroatoms. The van der Waals surface area contributed by atoms with Gasteiger partial charge in [-0.25, -0.2) is 4.79 Å². The molecule has 0 saturated carbocycles. The Morgan fingerprint density at radius 1 is 1.31 bits per heavy atom. The predicted molar refractivity (Wildman–Crippen MR) is 60.6 cm³/mol. The number of carbonyl (C=O) groups is 1. The van der Waals surface area contributed by atoms with Crippen molar-refractivity contribution in [2.24, 2.45) is 0 Å². The molecule has 0 aliphatic rings. The van der Waals surface area contributed by atoms with Crippen LogP contribution in [0.15, 0.2) is 24.3 Å². The summed E-state index contributed by atoms with van der Waals surface area (Å²) in [4.78, 5) is 13.9. The van der Waals surface area contributed by atoms with Crippen LogP contribution in [0.3, 0.4) is 0 Å². The monoisotopic (exact) mass is 224 g/mol. The Bertz CT molecular complexity index is 336. The van der Waals surface area contributed by atoms with Crippen LogP contribution in [0.2, 0.25) is 0 Å². The Balaban J connectivity index is 2.53. The van der Waals surface area contributed by atoms with E-state index in [1.165, 1.54) is 18.4 Å². The number of aryl methyl sites for hydroxylation is 1. The van der Waals surface area contributed by atoms with Gasteiger partial charge in [-0.3, -0.25) is 4.94 Å². The summed E-state index contributed by atoms with van der Waals surface area (Å²) in [5.41, 5.74) is 1.99. The number of hydrogen-bond donors (Lipinski definition) is 0. The Morgan fingerprint density at radius 3 is 2.75 bits per heavy atom. The molecule has 0 aliphatic carbocycles. The van der Waals surface area contributed by atoms with E-state index in [-0.39, 0.29) is 6.42 Å². The molecular formula is C13H17FO2. The van der Waals surface area contributed by atoms with Crippen LogP contribution in [0.5, 0.6) is 0 Å². The Morgan fingerprint density at radius 2 is 2.06 bits per heavy atom. The van der Waals surface area contributed by atoms with Gasteiger partial charge in [0.15, 0.2) is 0 Å². The van der Waals surface area contributed by atoms with Crippen LogP contribution in [0.1, 0.15) is 37.3 Å². The van der Waals surface area contributed by atoms with Gasteiger partial charge in [0.05, 0.1) is 6.42 Å². The van der Waals surface area contributed by atoms with Crippen molar-refractivity contribution in [3.05, 3.63) is 35.4 Å². The molecule has 0 saturated heterocycles. The maximum atomic E-state index is 11.6. The third kappa shape index (κ3) is 4.43. The summed E-state index contributed by atoms with van der Waals surface area (Å²) in [5.74, 6) is -0.842. The van der Waals surface area contributed by atoms with Gasteiger partial charge in [-0.15, -0.1) is 0 Å². The zero-order valence-electron chi connectivity index (χ0n) is 9.54. The number of unbranched alkanes of at least 4 members (excludes halogenated alkanes) is 2. The maximum absolute atomic E-state index is 11.6. The minimum atomic E-state index is -0.842. The third-order valence-corrected chi connectivity index (χ3v) is 2.49. The average molecular weight is 224 g/mol. The van der Waals surface area contributed by atoms with Crippen molar-refractivity contribution in [3.63, 3.8) is 0 Å². The number of hydrogen-bond acceptors (Lipinski definition) is 2. The van der Waals surface area contributed by atoms with Crippen LogP contribution in [-0.2, 0) is 22.6 Å². The SMILES string of the molecule is CCCCCc1cccc(CC(=O)OF)c1. The smallest absolute Gasteiger partial charge is 0.255 e. The highest BCUT2D eigenvalue weighted by molar-refractivity contribution is 5.71. The van der Waals surface area contributed by atoms with E-state index in [4.69, 9.17) is 0 Å². The van der Waals surface area contributed by atoms with Gasteiger partial charge in [-0.2, -0.15) is 0 Å². The van der Waals surface area contributed by atoms with Crippen molar-refractivity contribution in [2.75, 3.05) is 0 Å². The fraction of sp³-hybridized carbons (Fsp3) is 0.462. The molecule has 0 amide bonds. The van der Waals surface area contributed by atoms with Crippen molar-refractivity contribution in [3.8, 4) is 0 Å². The lowest BCUT2D eigenvalue weighted by molar-refractivity contribution is -0.182. The molecule has 0 radical (unpaired) electrons. The summed E-state index contributed by atoms with van der Waals surface area (Å²) < 4.78 is 11.6. The van der Waals surface area contributed by atoms with Gasteiger partial charge in [0.1, 0.15) is 0 Å². The first-order valence-corrected chi connectivity index (χ1v) is 5.65. The minimum absolute atomic E-state index is 0.00187. The van der Waals surface area contributed by atoms with Crippen LogP contribution >= 0.6 is 0 Å². The van der Waals surface area contributed by atoms with E-state index in [9.17, 15) is 9.32 Å². The van der Waals surface area contributed by atoms with Gasteiger partial charge in [0, 0.05) is 4.53 Å². The minimum Gasteiger partial charge on any atom is -0.255 e. The standard InChI is InChI=1S/C13H17FO2/c1-2-3-4-6-11-7-5-8-12(9-11)10-13(15)16-14/h5,7-9H,2-4,6,10H2,1H3. The zero-order valence-corrected chi connectivity index (χ0v) is 9.54. The molecule has 2 nitrogen and oxygen atoms in total. The molecule has 1 aromatic rings. The van der Waals surface area contributed by atoms with Gasteiger partial charge in [-0.1, -0.05) is 44.0 Å². The van der Waals surface area contributed by atoms with E-state index in [1.54, 1.807) is 6.07 Å². The topological polar surface area (TPSA) is 26.3 Å². The van der Waals surface area contributed by atoms with Crippen molar-refractivity contribution in [1.82, 2.24) is 0 Å². The van der Waals surface area contributed by atoms with Crippen molar-refractivity contribution in [1.29, 1.82) is 0 Å². The molecule has 88 valence electrons. The highest BCUT2D eigenvalue weighted by Crippen LogP contribution is 2.10. The van der Waals surface area contributed by atoms with E-state index in [0.29, 0.717) is 0 Å². The fourth-order valence-corrected chi connectivity index (χ4v) is 1.67. The molecule has 0 unspecified atom stereocenters. The molecule has 0 fully saturated rings. The quantitative estimate of drug-likeness (QED) is 0.692. The van der Waals surface area contributed by atoms with Gasteiger partial charge in [-0.05, 0) is 24.0 Å². The zero-order chi connectivity index (χ0) is 11.8. The fourth-order valence-electron chi connectivity index (χ4n) is 1.67. The van der Waals surface area contributed by atoms with Crippen LogP contribution in [0, 0.1) is 0 Å². The summed E-state index contributed by atoms with van der Waals surface area (Å²) in [6, 6.07) is 7.66. The van der Waals surface area contributed by atoms with Crippen molar-refractivity contribution < 1.29 is 14.3 Å². The molecule has 1 aromatic carbocycles. The molecule has 0 spiro atoms. The van der Waals surface area contributed by atoms with Crippen LogP contribution < -0.4 is 0 Å². The van der Waals surface area contributed by atoms with Crippen LogP contribution in [0.25, 0.3) is 0 Å². The second-order valence-electron chi connectivity index (χ2n) is 3.90. The number of benzene rings is 1. The molecule has 0 N–H and O–H groups in total. The second kappa shape index (κ2) is 6.99. The molecule has 0 atom stereocenters. The van der Waals surface area contributed by atoms with Crippen molar-refractivity contribution >= 4 is 5.97 Å². The van der Waals surface area contributed by atoms with E-state index in [2.05, 4.69) is 11.9 Å². The second-order valence-corrected chi connectivity index (χ2v) is 3.90. The first-order valence-electron chi connectivity index (χ1n) is 5.65. The number of carbonyl (C=O) groups excluding carboxylic acids is 1. The lowest BCUT2D eigenvalue weighted by Crippen LogP contribution is -2.02. The lowest BCUT2D eigenvalue weighted by atomic mass is 10.0. The third-order valence-electron chi connectivity index (χ3n) is 2.49. The molecular weight excluding hydrogens is 207 g/mol. The summed E-state index contributed by atoms with van der Waals surface area (Å²) in [7, 11) is 0. The Kier molecular flexibility index (Phi) is 5.54. The van der Waals surface area contributed by atoms with E-state index in [1.807, 2.05) is 18.2 Å². The molecule has 0 bridgehead atoms. The van der Waals surface area contributed by atoms with Gasteiger partial charge in [0.2, 0.25) is 0 Å². The van der Waals surface area contributed by atoms with E-state index < -0.39 is 5.97 Å². The van der Waals surface area contributed by atoms with Crippen molar-refractivity contribution in [2.45, 2.75) is 39.0 Å². The van der Waals surface area contributed by atoms with E-state index >= 15 is 0 Å². The highest BCUT2D eigenvalue weighted by atomic mass is 19.3. The first-order chi connectivity index (χ1) is 7.76.